The smallest absolute Gasteiger partial charge is 0.0911 e. The van der Waals surface area contributed by atoms with Crippen molar-refractivity contribution in [2.75, 3.05) is 13.6 Å². The Kier molecular flexibility index (Phi) is 6.72. The van der Waals surface area contributed by atoms with Gasteiger partial charge in [-0.15, -0.1) is 0 Å². The molecule has 0 saturated carbocycles. The molecule has 0 fully saturated rings. The third-order valence-electron chi connectivity index (χ3n) is 1.58. The molecular formula is C10H19NO. The second-order valence-corrected chi connectivity index (χ2v) is 2.69. The summed E-state index contributed by atoms with van der Waals surface area (Å²) >= 11 is 0. The van der Waals surface area contributed by atoms with E-state index in [2.05, 4.69) is 12.2 Å². The molecule has 0 spiro atoms. The van der Waals surface area contributed by atoms with Crippen molar-refractivity contribution in [3.05, 3.63) is 23.8 Å². The summed E-state index contributed by atoms with van der Waals surface area (Å²) in [7, 11) is 1.84. The predicted octanol–water partition coefficient (Wildman–Crippen LogP) is 1.48. The lowest BCUT2D eigenvalue weighted by molar-refractivity contribution is 0.213. The van der Waals surface area contributed by atoms with Crippen molar-refractivity contribution in [3.8, 4) is 0 Å². The maximum Gasteiger partial charge on any atom is 0.0911 e. The van der Waals surface area contributed by atoms with Crippen LogP contribution in [0.15, 0.2) is 23.8 Å². The first-order chi connectivity index (χ1) is 5.76. The Bertz CT molecular complexity index is 161. The van der Waals surface area contributed by atoms with Crippen LogP contribution in [0, 0.1) is 0 Å². The minimum absolute atomic E-state index is 0.383. The zero-order valence-corrected chi connectivity index (χ0v) is 8.17. The van der Waals surface area contributed by atoms with Gasteiger partial charge in [-0.3, -0.25) is 0 Å². The van der Waals surface area contributed by atoms with E-state index in [-0.39, 0.29) is 6.10 Å². The molecule has 0 aromatic heterocycles. The molecule has 0 aliphatic carbocycles. The fourth-order valence-corrected chi connectivity index (χ4v) is 1.05. The summed E-state index contributed by atoms with van der Waals surface area (Å²) in [5.41, 5.74) is 0.995. The van der Waals surface area contributed by atoms with Crippen LogP contribution in [0.4, 0.5) is 0 Å². The zero-order valence-electron chi connectivity index (χ0n) is 8.17. The van der Waals surface area contributed by atoms with Crippen LogP contribution < -0.4 is 5.32 Å². The van der Waals surface area contributed by atoms with Crippen LogP contribution in [0.5, 0.6) is 0 Å². The third kappa shape index (κ3) is 4.31. The van der Waals surface area contributed by atoms with E-state index in [0.717, 1.165) is 12.0 Å². The maximum atomic E-state index is 9.59. The lowest BCUT2D eigenvalue weighted by atomic mass is 10.1. The highest BCUT2D eigenvalue weighted by Crippen LogP contribution is 2.05. The average Bonchev–Trinajstić information content (AvgIpc) is 2.04. The Balaban J connectivity index is 4.19. The van der Waals surface area contributed by atoms with Gasteiger partial charge in [0.05, 0.1) is 6.10 Å². The van der Waals surface area contributed by atoms with Gasteiger partial charge in [0.25, 0.3) is 0 Å². The number of nitrogens with one attached hydrogen (secondary N) is 1. The largest absolute Gasteiger partial charge is 0.387 e. The van der Waals surface area contributed by atoms with Crippen LogP contribution in [-0.4, -0.2) is 24.8 Å². The van der Waals surface area contributed by atoms with Gasteiger partial charge in [0.1, 0.15) is 0 Å². The van der Waals surface area contributed by atoms with E-state index >= 15 is 0 Å². The Morgan fingerprint density at radius 2 is 2.25 bits per heavy atom. The minimum atomic E-state index is -0.383. The average molecular weight is 169 g/mol. The molecule has 70 valence electrons. The molecule has 0 aliphatic rings. The van der Waals surface area contributed by atoms with E-state index in [1.807, 2.05) is 32.2 Å². The van der Waals surface area contributed by atoms with Crippen molar-refractivity contribution in [1.82, 2.24) is 5.32 Å². The van der Waals surface area contributed by atoms with Crippen LogP contribution in [0.3, 0.4) is 0 Å². The lowest BCUT2D eigenvalue weighted by Gasteiger charge is -2.10. The van der Waals surface area contributed by atoms with Gasteiger partial charge in [0.2, 0.25) is 0 Å². The van der Waals surface area contributed by atoms with Crippen molar-refractivity contribution in [2.24, 2.45) is 0 Å². The van der Waals surface area contributed by atoms with Crippen molar-refractivity contribution < 1.29 is 5.11 Å². The fourth-order valence-electron chi connectivity index (χ4n) is 1.05. The first kappa shape index (κ1) is 11.4. The van der Waals surface area contributed by atoms with E-state index in [1.54, 1.807) is 0 Å². The number of aliphatic hydroxyl groups excluding tert-OH is 1. The Morgan fingerprint density at radius 1 is 1.58 bits per heavy atom. The molecule has 0 rings (SSSR count). The first-order valence-electron chi connectivity index (χ1n) is 4.41. The van der Waals surface area contributed by atoms with E-state index in [1.165, 1.54) is 0 Å². The molecule has 0 aromatic rings. The highest BCUT2D eigenvalue weighted by molar-refractivity contribution is 5.22. The van der Waals surface area contributed by atoms with Crippen LogP contribution >= 0.6 is 0 Å². The zero-order chi connectivity index (χ0) is 9.40. The van der Waals surface area contributed by atoms with Gasteiger partial charge in [0, 0.05) is 6.54 Å². The van der Waals surface area contributed by atoms with Crippen LogP contribution in [0.1, 0.15) is 20.3 Å². The highest BCUT2D eigenvalue weighted by Gasteiger charge is 2.04. The molecule has 2 N–H and O–H groups in total. The third-order valence-corrected chi connectivity index (χ3v) is 1.58. The van der Waals surface area contributed by atoms with Gasteiger partial charge in [0.15, 0.2) is 0 Å². The first-order valence-corrected chi connectivity index (χ1v) is 4.41. The van der Waals surface area contributed by atoms with Gasteiger partial charge in [-0.25, -0.2) is 0 Å². The Morgan fingerprint density at radius 3 is 2.67 bits per heavy atom. The molecule has 2 nitrogen and oxygen atoms in total. The van der Waals surface area contributed by atoms with Gasteiger partial charge in [-0.2, -0.15) is 0 Å². The maximum absolute atomic E-state index is 9.59. The Hall–Kier alpha value is -0.600. The Labute approximate surface area is 75.0 Å². The summed E-state index contributed by atoms with van der Waals surface area (Å²) < 4.78 is 0. The molecule has 0 amide bonds. The number of likely N-dealkylation sites (N-methyl/N-ethyl adjacent to an activating group) is 1. The van der Waals surface area contributed by atoms with E-state index < -0.39 is 0 Å². The molecular weight excluding hydrogens is 150 g/mol. The molecule has 0 bridgehead atoms. The van der Waals surface area contributed by atoms with Gasteiger partial charge in [-0.05, 0) is 26.0 Å². The number of rotatable bonds is 5. The fraction of sp³-hybridized carbons (Fsp3) is 0.600. The summed E-state index contributed by atoms with van der Waals surface area (Å²) in [6.45, 7) is 4.63. The van der Waals surface area contributed by atoms with Crippen molar-refractivity contribution in [1.29, 1.82) is 0 Å². The number of hydrogen-bond acceptors (Lipinski definition) is 2. The molecule has 0 aromatic carbocycles. The molecule has 12 heavy (non-hydrogen) atoms. The van der Waals surface area contributed by atoms with Crippen LogP contribution in [-0.2, 0) is 0 Å². The van der Waals surface area contributed by atoms with Gasteiger partial charge >= 0.3 is 0 Å². The lowest BCUT2D eigenvalue weighted by Crippen LogP contribution is -2.24. The molecule has 2 heteroatoms. The standard InChI is InChI=1S/C10H19NO/c1-4-6-9(7-5-2)10(12)8-11-3/h4,6-7,10-12H,5,8H2,1-3H3/b6-4-,9-7+. The SMILES string of the molecule is C/C=C\C(=C/CC)C(O)CNC. The number of hydrogen-bond donors (Lipinski definition) is 2. The van der Waals surface area contributed by atoms with E-state index in [4.69, 9.17) is 0 Å². The molecule has 0 heterocycles. The molecule has 1 atom stereocenters. The highest BCUT2D eigenvalue weighted by atomic mass is 16.3. The normalized spacial score (nSPS) is 15.5. The quantitative estimate of drug-likeness (QED) is 0.611. The topological polar surface area (TPSA) is 32.3 Å². The summed E-state index contributed by atoms with van der Waals surface area (Å²) in [6, 6.07) is 0. The van der Waals surface area contributed by atoms with Crippen LogP contribution in [0.25, 0.3) is 0 Å². The predicted molar refractivity (Wildman–Crippen MR) is 53.1 cm³/mol. The van der Waals surface area contributed by atoms with Gasteiger partial charge < -0.3 is 10.4 Å². The van der Waals surface area contributed by atoms with Crippen molar-refractivity contribution in [2.45, 2.75) is 26.4 Å². The summed E-state index contributed by atoms with van der Waals surface area (Å²) in [5.74, 6) is 0. The monoisotopic (exact) mass is 169 g/mol. The molecule has 0 radical (unpaired) electrons. The number of aliphatic hydroxyl groups is 1. The molecule has 0 aliphatic heterocycles. The number of allylic oxidation sites excluding steroid dienone is 2. The second-order valence-electron chi connectivity index (χ2n) is 2.69. The summed E-state index contributed by atoms with van der Waals surface area (Å²) in [6.07, 6.45) is 6.51. The van der Waals surface area contributed by atoms with E-state index in [0.29, 0.717) is 6.54 Å². The molecule has 0 saturated heterocycles. The second kappa shape index (κ2) is 7.07. The van der Waals surface area contributed by atoms with Gasteiger partial charge in [-0.1, -0.05) is 25.2 Å². The minimum Gasteiger partial charge on any atom is -0.387 e. The van der Waals surface area contributed by atoms with Crippen molar-refractivity contribution >= 4 is 0 Å². The van der Waals surface area contributed by atoms with Crippen molar-refractivity contribution in [3.63, 3.8) is 0 Å². The van der Waals surface area contributed by atoms with E-state index in [9.17, 15) is 5.11 Å². The van der Waals surface area contributed by atoms with Crippen LogP contribution in [0.2, 0.25) is 0 Å². The summed E-state index contributed by atoms with van der Waals surface area (Å²) in [4.78, 5) is 0. The molecule has 1 unspecified atom stereocenters. The summed E-state index contributed by atoms with van der Waals surface area (Å²) in [5, 5.41) is 12.5.